The highest BCUT2D eigenvalue weighted by Gasteiger charge is 2.13. The highest BCUT2D eigenvalue weighted by molar-refractivity contribution is 5.69. The number of aliphatic hydroxyl groups excluding tert-OH is 1. The first-order valence-electron chi connectivity index (χ1n) is 18.9. The molecule has 254 valence electrons. The molecule has 0 saturated heterocycles. The van der Waals surface area contributed by atoms with Crippen molar-refractivity contribution in [3.8, 4) is 0 Å². The van der Waals surface area contributed by atoms with E-state index in [0.29, 0.717) is 19.6 Å². The molecule has 0 spiro atoms. The molecule has 43 heavy (non-hydrogen) atoms. The van der Waals surface area contributed by atoms with Crippen molar-refractivity contribution in [2.45, 2.75) is 200 Å². The summed E-state index contributed by atoms with van der Waals surface area (Å²) in [5.41, 5.74) is 0. The molecule has 0 radical (unpaired) electrons. The first-order valence-corrected chi connectivity index (χ1v) is 18.9. The van der Waals surface area contributed by atoms with E-state index in [-0.39, 0.29) is 12.6 Å². The number of carbonyl (C=O) groups excluding carboxylic acids is 1. The minimum atomic E-state index is -0.536. The Hall–Kier alpha value is -1.13. The van der Waals surface area contributed by atoms with Crippen LogP contribution in [0.15, 0.2) is 24.3 Å². The zero-order valence-electron chi connectivity index (χ0n) is 29.0. The topological polar surface area (TPSA) is 55.8 Å². The third-order valence-corrected chi connectivity index (χ3v) is 8.28. The molecular formula is C39H74O4. The van der Waals surface area contributed by atoms with E-state index in [1.807, 2.05) is 0 Å². The summed E-state index contributed by atoms with van der Waals surface area (Å²) in [4.78, 5) is 12.1. The van der Waals surface area contributed by atoms with Gasteiger partial charge in [0.1, 0.15) is 6.10 Å². The number of ether oxygens (including phenoxy) is 2. The van der Waals surface area contributed by atoms with Gasteiger partial charge in [-0.1, -0.05) is 173 Å². The Balaban J connectivity index is 3.42. The molecule has 0 rings (SSSR count). The normalized spacial score (nSPS) is 12.5. The second kappa shape index (κ2) is 37.1. The molecule has 0 amide bonds. The molecule has 0 fully saturated rings. The van der Waals surface area contributed by atoms with Crippen molar-refractivity contribution in [3.63, 3.8) is 0 Å². The van der Waals surface area contributed by atoms with E-state index in [0.717, 1.165) is 38.5 Å². The van der Waals surface area contributed by atoms with Crippen molar-refractivity contribution < 1.29 is 19.4 Å². The number of carbonyl (C=O) groups is 1. The zero-order chi connectivity index (χ0) is 31.3. The molecule has 0 aliphatic carbocycles. The largest absolute Gasteiger partial charge is 0.457 e. The summed E-state index contributed by atoms with van der Waals surface area (Å²) >= 11 is 0. The van der Waals surface area contributed by atoms with Gasteiger partial charge in [0.2, 0.25) is 0 Å². The Morgan fingerprint density at radius 1 is 0.558 bits per heavy atom. The fourth-order valence-electron chi connectivity index (χ4n) is 5.40. The van der Waals surface area contributed by atoms with Crippen LogP contribution >= 0.6 is 0 Å². The fraction of sp³-hybridized carbons (Fsp3) is 0.872. The van der Waals surface area contributed by atoms with Crippen LogP contribution in [0.3, 0.4) is 0 Å². The van der Waals surface area contributed by atoms with E-state index in [4.69, 9.17) is 9.47 Å². The molecule has 0 heterocycles. The van der Waals surface area contributed by atoms with Crippen LogP contribution in [0.2, 0.25) is 0 Å². The Bertz CT molecular complexity index is 600. The summed E-state index contributed by atoms with van der Waals surface area (Å²) in [6, 6.07) is 0. The number of hydrogen-bond donors (Lipinski definition) is 1. The van der Waals surface area contributed by atoms with Crippen molar-refractivity contribution >= 4 is 5.97 Å². The van der Waals surface area contributed by atoms with Gasteiger partial charge in [-0.25, -0.2) is 0 Å². The number of hydrogen-bond acceptors (Lipinski definition) is 4. The molecule has 0 bridgehead atoms. The smallest absolute Gasteiger partial charge is 0.306 e. The molecule has 0 aliphatic rings. The quantitative estimate of drug-likeness (QED) is 0.0443. The van der Waals surface area contributed by atoms with Crippen LogP contribution in [0, 0.1) is 0 Å². The Labute approximate surface area is 268 Å². The summed E-state index contributed by atoms with van der Waals surface area (Å²) < 4.78 is 11.1. The van der Waals surface area contributed by atoms with Gasteiger partial charge in [-0.2, -0.15) is 0 Å². The van der Waals surface area contributed by atoms with E-state index in [1.54, 1.807) is 0 Å². The average molecular weight is 607 g/mol. The van der Waals surface area contributed by atoms with Gasteiger partial charge in [0.15, 0.2) is 0 Å². The molecule has 0 aromatic rings. The first-order chi connectivity index (χ1) is 21.2. The molecule has 1 N–H and O–H groups in total. The minimum absolute atomic E-state index is 0.174. The lowest BCUT2D eigenvalue weighted by molar-refractivity contribution is -0.154. The van der Waals surface area contributed by atoms with Gasteiger partial charge in [0, 0.05) is 13.0 Å². The highest BCUT2D eigenvalue weighted by atomic mass is 16.6. The van der Waals surface area contributed by atoms with E-state index in [2.05, 4.69) is 38.2 Å². The van der Waals surface area contributed by atoms with Crippen molar-refractivity contribution in [1.29, 1.82) is 0 Å². The van der Waals surface area contributed by atoms with Gasteiger partial charge >= 0.3 is 5.97 Å². The third kappa shape index (κ3) is 35.2. The lowest BCUT2D eigenvalue weighted by Gasteiger charge is -2.15. The summed E-state index contributed by atoms with van der Waals surface area (Å²) in [5, 5.41) is 9.55. The predicted octanol–water partition coefficient (Wildman–Crippen LogP) is 12.0. The SMILES string of the molecule is CCCC/C=C\C/C=C\CCCCCCCC(=O)OC(CO)COCCCCCCCCCCCCCCCCCCC. The Kier molecular flexibility index (Phi) is 36.1. The molecule has 0 aromatic carbocycles. The average Bonchev–Trinajstić information content (AvgIpc) is 3.01. The predicted molar refractivity (Wildman–Crippen MR) is 187 cm³/mol. The fourth-order valence-corrected chi connectivity index (χ4v) is 5.40. The maximum Gasteiger partial charge on any atom is 0.306 e. The standard InChI is InChI=1S/C39H74O4/c1-3-5-7-9-11-13-15-17-19-20-21-23-25-27-29-31-33-35-42-37-38(36-40)43-39(41)34-32-30-28-26-24-22-18-16-14-12-10-8-6-4-2/h10,12,16,18,38,40H,3-9,11,13-15,17,19-37H2,1-2H3/b12-10-,18-16-. The molecular weight excluding hydrogens is 532 g/mol. The van der Waals surface area contributed by atoms with E-state index < -0.39 is 6.10 Å². The van der Waals surface area contributed by atoms with Gasteiger partial charge in [-0.3, -0.25) is 4.79 Å². The maximum absolute atomic E-state index is 12.1. The van der Waals surface area contributed by atoms with Gasteiger partial charge < -0.3 is 14.6 Å². The highest BCUT2D eigenvalue weighted by Crippen LogP contribution is 2.14. The summed E-state index contributed by atoms with van der Waals surface area (Å²) in [7, 11) is 0. The van der Waals surface area contributed by atoms with Crippen LogP contribution in [0.1, 0.15) is 194 Å². The molecule has 0 aliphatic heterocycles. The van der Waals surface area contributed by atoms with Crippen molar-refractivity contribution in [2.24, 2.45) is 0 Å². The number of allylic oxidation sites excluding steroid dienone is 4. The van der Waals surface area contributed by atoms with Crippen LogP contribution in [0.5, 0.6) is 0 Å². The minimum Gasteiger partial charge on any atom is -0.457 e. The Morgan fingerprint density at radius 2 is 1.00 bits per heavy atom. The second-order valence-electron chi connectivity index (χ2n) is 12.7. The van der Waals surface area contributed by atoms with Crippen LogP contribution < -0.4 is 0 Å². The second-order valence-corrected chi connectivity index (χ2v) is 12.7. The molecule has 0 saturated carbocycles. The summed E-state index contributed by atoms with van der Waals surface area (Å²) in [6.07, 6.45) is 43.6. The van der Waals surface area contributed by atoms with Crippen LogP contribution in [-0.4, -0.2) is 37.0 Å². The van der Waals surface area contributed by atoms with Crippen molar-refractivity contribution in [3.05, 3.63) is 24.3 Å². The molecule has 0 aromatic heterocycles. The Morgan fingerprint density at radius 3 is 1.51 bits per heavy atom. The lowest BCUT2D eigenvalue weighted by Crippen LogP contribution is -2.27. The van der Waals surface area contributed by atoms with Crippen molar-refractivity contribution in [1.82, 2.24) is 0 Å². The molecule has 4 heteroatoms. The lowest BCUT2D eigenvalue weighted by atomic mass is 10.0. The monoisotopic (exact) mass is 607 g/mol. The number of unbranched alkanes of at least 4 members (excludes halogenated alkanes) is 23. The molecule has 4 nitrogen and oxygen atoms in total. The summed E-state index contributed by atoms with van der Waals surface area (Å²) in [5.74, 6) is -0.213. The van der Waals surface area contributed by atoms with Crippen LogP contribution in [-0.2, 0) is 14.3 Å². The van der Waals surface area contributed by atoms with Crippen LogP contribution in [0.25, 0.3) is 0 Å². The zero-order valence-corrected chi connectivity index (χ0v) is 29.0. The van der Waals surface area contributed by atoms with E-state index in [1.165, 1.54) is 135 Å². The van der Waals surface area contributed by atoms with Gasteiger partial charge in [-0.05, 0) is 38.5 Å². The number of rotatable bonds is 35. The third-order valence-electron chi connectivity index (χ3n) is 8.28. The van der Waals surface area contributed by atoms with Crippen molar-refractivity contribution in [2.75, 3.05) is 19.8 Å². The summed E-state index contributed by atoms with van der Waals surface area (Å²) in [6.45, 7) is 5.31. The number of aliphatic hydroxyl groups is 1. The van der Waals surface area contributed by atoms with Gasteiger partial charge in [0.05, 0.1) is 13.2 Å². The van der Waals surface area contributed by atoms with Gasteiger partial charge in [0.25, 0.3) is 0 Å². The molecule has 1 unspecified atom stereocenters. The maximum atomic E-state index is 12.1. The van der Waals surface area contributed by atoms with E-state index >= 15 is 0 Å². The number of esters is 1. The van der Waals surface area contributed by atoms with Crippen LogP contribution in [0.4, 0.5) is 0 Å². The van der Waals surface area contributed by atoms with E-state index in [9.17, 15) is 9.90 Å². The van der Waals surface area contributed by atoms with Gasteiger partial charge in [-0.15, -0.1) is 0 Å². The molecule has 1 atom stereocenters. The first kappa shape index (κ1) is 41.9.